The molecule has 21 heavy (non-hydrogen) atoms. The molecule has 0 fully saturated rings. The fourth-order valence-electron chi connectivity index (χ4n) is 1.98. The highest BCUT2D eigenvalue weighted by molar-refractivity contribution is 5.78. The average molecular weight is 288 g/mol. The average Bonchev–Trinajstić information content (AvgIpc) is 2.50. The van der Waals surface area contributed by atoms with Crippen molar-refractivity contribution >= 4 is 5.91 Å². The van der Waals surface area contributed by atoms with Gasteiger partial charge in [0.1, 0.15) is 5.82 Å². The maximum absolute atomic E-state index is 13.5. The zero-order chi connectivity index (χ0) is 15.1. The first kappa shape index (κ1) is 15.2. The van der Waals surface area contributed by atoms with Crippen molar-refractivity contribution in [1.29, 1.82) is 0 Å². The van der Waals surface area contributed by atoms with Crippen LogP contribution in [0.1, 0.15) is 16.7 Å². The minimum atomic E-state index is -0.284. The Labute approximate surface area is 122 Å². The van der Waals surface area contributed by atoms with Gasteiger partial charge < -0.3 is 4.74 Å². The van der Waals surface area contributed by atoms with Gasteiger partial charge >= 0.3 is 0 Å². The lowest BCUT2D eigenvalue weighted by molar-refractivity contribution is -0.120. The smallest absolute Gasteiger partial charge is 0.238 e. The SMILES string of the molecule is NNC(=O)Cc1ccccc1COCc1ccccc1F. The summed E-state index contributed by atoms with van der Waals surface area (Å²) in [4.78, 5) is 11.3. The van der Waals surface area contributed by atoms with Gasteiger partial charge in [0, 0.05) is 5.56 Å². The van der Waals surface area contributed by atoms with Crippen molar-refractivity contribution in [3.05, 3.63) is 71.0 Å². The van der Waals surface area contributed by atoms with Crippen LogP contribution in [0.15, 0.2) is 48.5 Å². The minimum absolute atomic E-state index is 0.185. The zero-order valence-electron chi connectivity index (χ0n) is 11.5. The van der Waals surface area contributed by atoms with Crippen LogP contribution in [0, 0.1) is 5.82 Å². The summed E-state index contributed by atoms with van der Waals surface area (Å²) in [5, 5.41) is 0. The number of rotatable bonds is 6. The molecule has 2 rings (SSSR count). The summed E-state index contributed by atoms with van der Waals surface area (Å²) in [7, 11) is 0. The van der Waals surface area contributed by atoms with E-state index in [1.165, 1.54) is 6.07 Å². The number of carbonyl (C=O) groups excluding carboxylic acids is 1. The Morgan fingerprint density at radius 2 is 1.57 bits per heavy atom. The molecule has 3 N–H and O–H groups in total. The van der Waals surface area contributed by atoms with Crippen molar-refractivity contribution in [2.45, 2.75) is 19.6 Å². The fraction of sp³-hybridized carbons (Fsp3) is 0.188. The number of nitrogens with one attached hydrogen (secondary N) is 1. The molecule has 110 valence electrons. The van der Waals surface area contributed by atoms with Gasteiger partial charge in [-0.1, -0.05) is 42.5 Å². The van der Waals surface area contributed by atoms with Gasteiger partial charge in [-0.15, -0.1) is 0 Å². The molecule has 0 bridgehead atoms. The third kappa shape index (κ3) is 4.37. The first-order valence-electron chi connectivity index (χ1n) is 6.58. The van der Waals surface area contributed by atoms with Gasteiger partial charge in [-0.25, -0.2) is 10.2 Å². The van der Waals surface area contributed by atoms with Crippen LogP contribution in [-0.4, -0.2) is 5.91 Å². The molecule has 1 amide bonds. The molecule has 4 nitrogen and oxygen atoms in total. The Morgan fingerprint density at radius 1 is 1.00 bits per heavy atom. The van der Waals surface area contributed by atoms with E-state index in [0.29, 0.717) is 12.2 Å². The largest absolute Gasteiger partial charge is 0.372 e. The molecule has 0 radical (unpaired) electrons. The van der Waals surface area contributed by atoms with Crippen LogP contribution in [0.3, 0.4) is 0 Å². The monoisotopic (exact) mass is 288 g/mol. The quantitative estimate of drug-likeness (QED) is 0.486. The molecule has 0 saturated carbocycles. The molecule has 0 aliphatic rings. The van der Waals surface area contributed by atoms with Gasteiger partial charge in [0.05, 0.1) is 19.6 Å². The molecule has 5 heteroatoms. The number of amides is 1. The lowest BCUT2D eigenvalue weighted by Gasteiger charge is -2.10. The molecule has 0 aliphatic carbocycles. The van der Waals surface area contributed by atoms with E-state index in [1.54, 1.807) is 18.2 Å². The minimum Gasteiger partial charge on any atom is -0.372 e. The molecule has 0 aliphatic heterocycles. The second-order valence-electron chi connectivity index (χ2n) is 4.60. The standard InChI is InChI=1S/C16H17FN2O2/c17-15-8-4-3-7-14(15)11-21-10-13-6-2-1-5-12(13)9-16(20)19-18/h1-8H,9-11,18H2,(H,19,20). The van der Waals surface area contributed by atoms with E-state index in [-0.39, 0.29) is 24.8 Å². The van der Waals surface area contributed by atoms with Crippen LogP contribution >= 0.6 is 0 Å². The lowest BCUT2D eigenvalue weighted by Crippen LogP contribution is -2.31. The van der Waals surface area contributed by atoms with Crippen LogP contribution in [0.25, 0.3) is 0 Å². The third-order valence-corrected chi connectivity index (χ3v) is 3.10. The van der Waals surface area contributed by atoms with Gasteiger partial charge in [-0.2, -0.15) is 0 Å². The van der Waals surface area contributed by atoms with E-state index < -0.39 is 0 Å². The Morgan fingerprint density at radius 3 is 2.24 bits per heavy atom. The second-order valence-corrected chi connectivity index (χ2v) is 4.60. The number of carbonyl (C=O) groups is 1. The Bertz CT molecular complexity index is 617. The highest BCUT2D eigenvalue weighted by Crippen LogP contribution is 2.13. The first-order valence-corrected chi connectivity index (χ1v) is 6.58. The summed E-state index contributed by atoms with van der Waals surface area (Å²) >= 11 is 0. The predicted octanol–water partition coefficient (Wildman–Crippen LogP) is 2.07. The molecule has 0 unspecified atom stereocenters. The van der Waals surface area contributed by atoms with Gasteiger partial charge in [-0.3, -0.25) is 10.2 Å². The van der Waals surface area contributed by atoms with Crippen molar-refractivity contribution in [3.63, 3.8) is 0 Å². The van der Waals surface area contributed by atoms with Crippen molar-refractivity contribution in [2.24, 2.45) is 5.84 Å². The highest BCUT2D eigenvalue weighted by atomic mass is 19.1. The lowest BCUT2D eigenvalue weighted by atomic mass is 10.1. The van der Waals surface area contributed by atoms with Gasteiger partial charge in [-0.05, 0) is 17.2 Å². The van der Waals surface area contributed by atoms with Crippen molar-refractivity contribution in [2.75, 3.05) is 0 Å². The summed E-state index contributed by atoms with van der Waals surface area (Å²) in [6, 6.07) is 13.9. The molecular formula is C16H17FN2O2. The molecule has 0 saturated heterocycles. The van der Waals surface area contributed by atoms with Crippen LogP contribution in [0.2, 0.25) is 0 Å². The number of benzene rings is 2. The molecule has 0 heterocycles. The van der Waals surface area contributed by atoms with E-state index in [1.807, 2.05) is 24.3 Å². The van der Waals surface area contributed by atoms with Crippen molar-refractivity contribution in [3.8, 4) is 0 Å². The normalized spacial score (nSPS) is 10.4. The Kier molecular flexibility index (Phi) is 5.43. The fourth-order valence-corrected chi connectivity index (χ4v) is 1.98. The van der Waals surface area contributed by atoms with Crippen LogP contribution in [0.5, 0.6) is 0 Å². The summed E-state index contributed by atoms with van der Waals surface area (Å²) in [5.74, 6) is 4.54. The number of hydrogen-bond acceptors (Lipinski definition) is 3. The Balaban J connectivity index is 1.97. The predicted molar refractivity (Wildman–Crippen MR) is 77.4 cm³/mol. The first-order chi connectivity index (χ1) is 10.2. The van der Waals surface area contributed by atoms with E-state index in [2.05, 4.69) is 5.43 Å². The highest BCUT2D eigenvalue weighted by Gasteiger charge is 2.07. The van der Waals surface area contributed by atoms with Crippen LogP contribution < -0.4 is 11.3 Å². The second kappa shape index (κ2) is 7.52. The topological polar surface area (TPSA) is 64.3 Å². The molecular weight excluding hydrogens is 271 g/mol. The number of halogens is 1. The zero-order valence-corrected chi connectivity index (χ0v) is 11.5. The van der Waals surface area contributed by atoms with Gasteiger partial charge in [0.2, 0.25) is 5.91 Å². The Hall–Kier alpha value is -2.24. The third-order valence-electron chi connectivity index (χ3n) is 3.10. The summed E-state index contributed by atoms with van der Waals surface area (Å²) < 4.78 is 19.0. The molecule has 0 atom stereocenters. The number of hydrazine groups is 1. The van der Waals surface area contributed by atoms with Crippen LogP contribution in [0.4, 0.5) is 4.39 Å². The van der Waals surface area contributed by atoms with Gasteiger partial charge in [0.25, 0.3) is 0 Å². The summed E-state index contributed by atoms with van der Waals surface area (Å²) in [5.41, 5.74) is 4.34. The van der Waals surface area contributed by atoms with Crippen LogP contribution in [-0.2, 0) is 29.2 Å². The molecule has 0 aromatic heterocycles. The van der Waals surface area contributed by atoms with E-state index >= 15 is 0 Å². The molecule has 0 spiro atoms. The van der Waals surface area contributed by atoms with E-state index in [9.17, 15) is 9.18 Å². The molecule has 2 aromatic rings. The maximum atomic E-state index is 13.5. The van der Waals surface area contributed by atoms with E-state index in [4.69, 9.17) is 10.6 Å². The number of ether oxygens (including phenoxy) is 1. The number of nitrogens with two attached hydrogens (primary N) is 1. The van der Waals surface area contributed by atoms with Crippen molar-refractivity contribution < 1.29 is 13.9 Å². The summed E-state index contributed by atoms with van der Waals surface area (Å²) in [6.45, 7) is 0.493. The van der Waals surface area contributed by atoms with Gasteiger partial charge in [0.15, 0.2) is 0 Å². The summed E-state index contributed by atoms with van der Waals surface area (Å²) in [6.07, 6.45) is 0.190. The van der Waals surface area contributed by atoms with E-state index in [0.717, 1.165) is 11.1 Å². The number of hydrogen-bond donors (Lipinski definition) is 2. The molecule has 2 aromatic carbocycles. The van der Waals surface area contributed by atoms with Crippen molar-refractivity contribution in [1.82, 2.24) is 5.43 Å². The maximum Gasteiger partial charge on any atom is 0.238 e.